The van der Waals surface area contributed by atoms with Crippen LogP contribution >= 0.6 is 0 Å². The lowest BCUT2D eigenvalue weighted by atomic mass is 10.1. The summed E-state index contributed by atoms with van der Waals surface area (Å²) in [6, 6.07) is 7.68. The SMILES string of the molecule is CCC(=O)C(C)c1nc(Cc2ccccc2OC)no1. The fraction of sp³-hybridized carbons (Fsp3) is 0.400. The molecule has 0 spiro atoms. The van der Waals surface area contributed by atoms with Gasteiger partial charge in [0, 0.05) is 18.4 Å². The summed E-state index contributed by atoms with van der Waals surface area (Å²) >= 11 is 0. The van der Waals surface area contributed by atoms with Crippen LogP contribution in [0, 0.1) is 0 Å². The van der Waals surface area contributed by atoms with Gasteiger partial charge in [-0.3, -0.25) is 4.79 Å². The maximum atomic E-state index is 11.6. The van der Waals surface area contributed by atoms with Crippen molar-refractivity contribution in [1.29, 1.82) is 0 Å². The Bertz CT molecular complexity index is 592. The summed E-state index contributed by atoms with van der Waals surface area (Å²) in [6.07, 6.45) is 0.978. The maximum absolute atomic E-state index is 11.6. The lowest BCUT2D eigenvalue weighted by Crippen LogP contribution is -2.07. The smallest absolute Gasteiger partial charge is 0.236 e. The van der Waals surface area contributed by atoms with Gasteiger partial charge in [0.25, 0.3) is 0 Å². The molecule has 5 heteroatoms. The summed E-state index contributed by atoms with van der Waals surface area (Å²) in [6.45, 7) is 3.61. The minimum Gasteiger partial charge on any atom is -0.496 e. The zero-order valence-corrected chi connectivity index (χ0v) is 11.9. The van der Waals surface area contributed by atoms with Crippen LogP contribution in [-0.2, 0) is 11.2 Å². The van der Waals surface area contributed by atoms with Crippen molar-refractivity contribution in [2.45, 2.75) is 32.6 Å². The third kappa shape index (κ3) is 3.04. The molecule has 1 unspecified atom stereocenters. The molecule has 20 heavy (non-hydrogen) atoms. The molecule has 0 radical (unpaired) electrons. The molecule has 5 nitrogen and oxygen atoms in total. The van der Waals surface area contributed by atoms with Crippen LogP contribution < -0.4 is 4.74 Å². The van der Waals surface area contributed by atoms with E-state index in [-0.39, 0.29) is 11.7 Å². The van der Waals surface area contributed by atoms with Crippen LogP contribution in [0.5, 0.6) is 5.75 Å². The number of para-hydroxylation sites is 1. The lowest BCUT2D eigenvalue weighted by molar-refractivity contribution is -0.120. The third-order valence-corrected chi connectivity index (χ3v) is 3.23. The highest BCUT2D eigenvalue weighted by atomic mass is 16.5. The number of nitrogens with zero attached hydrogens (tertiary/aromatic N) is 2. The van der Waals surface area contributed by atoms with Gasteiger partial charge in [-0.2, -0.15) is 4.98 Å². The average Bonchev–Trinajstić information content (AvgIpc) is 2.94. The molecule has 0 N–H and O–H groups in total. The molecule has 1 atom stereocenters. The molecular weight excluding hydrogens is 256 g/mol. The van der Waals surface area contributed by atoms with E-state index >= 15 is 0 Å². The van der Waals surface area contributed by atoms with Gasteiger partial charge in [0.1, 0.15) is 11.5 Å². The zero-order valence-electron chi connectivity index (χ0n) is 11.9. The molecule has 0 saturated carbocycles. The van der Waals surface area contributed by atoms with E-state index in [1.807, 2.05) is 31.2 Å². The first-order valence-corrected chi connectivity index (χ1v) is 6.62. The van der Waals surface area contributed by atoms with E-state index in [2.05, 4.69) is 10.1 Å². The van der Waals surface area contributed by atoms with Gasteiger partial charge in [-0.05, 0) is 13.0 Å². The van der Waals surface area contributed by atoms with E-state index in [1.165, 1.54) is 0 Å². The summed E-state index contributed by atoms with van der Waals surface area (Å²) in [7, 11) is 1.63. The second-order valence-electron chi connectivity index (χ2n) is 4.58. The van der Waals surface area contributed by atoms with Crippen LogP contribution in [0.3, 0.4) is 0 Å². The Balaban J connectivity index is 2.15. The van der Waals surface area contributed by atoms with E-state index in [9.17, 15) is 4.79 Å². The predicted molar refractivity (Wildman–Crippen MR) is 73.8 cm³/mol. The number of hydrogen-bond donors (Lipinski definition) is 0. The predicted octanol–water partition coefficient (Wildman–Crippen LogP) is 2.75. The van der Waals surface area contributed by atoms with Crippen molar-refractivity contribution in [1.82, 2.24) is 10.1 Å². The number of rotatable bonds is 6. The van der Waals surface area contributed by atoms with Crippen LogP contribution in [-0.4, -0.2) is 23.0 Å². The molecule has 0 aliphatic carbocycles. The molecule has 1 aromatic carbocycles. The number of aromatic nitrogens is 2. The Morgan fingerprint density at radius 1 is 1.40 bits per heavy atom. The molecule has 0 bridgehead atoms. The van der Waals surface area contributed by atoms with Crippen molar-refractivity contribution in [2.75, 3.05) is 7.11 Å². The van der Waals surface area contributed by atoms with Gasteiger partial charge in [-0.25, -0.2) is 0 Å². The highest BCUT2D eigenvalue weighted by Crippen LogP contribution is 2.21. The number of Topliss-reactive ketones (excluding diaryl/α,β-unsaturated/α-hetero) is 1. The summed E-state index contributed by atoms with van der Waals surface area (Å²) in [5.41, 5.74) is 0.983. The Labute approximate surface area is 118 Å². The van der Waals surface area contributed by atoms with Crippen molar-refractivity contribution in [3.63, 3.8) is 0 Å². The van der Waals surface area contributed by atoms with Crippen molar-refractivity contribution in [3.05, 3.63) is 41.5 Å². The Morgan fingerprint density at radius 2 is 2.15 bits per heavy atom. The Kier molecular flexibility index (Phi) is 4.50. The fourth-order valence-electron chi connectivity index (χ4n) is 1.98. The quantitative estimate of drug-likeness (QED) is 0.810. The molecule has 1 aromatic heterocycles. The van der Waals surface area contributed by atoms with Gasteiger partial charge in [0.15, 0.2) is 5.82 Å². The molecule has 1 heterocycles. The van der Waals surface area contributed by atoms with Crippen LogP contribution in [0.2, 0.25) is 0 Å². The second-order valence-corrected chi connectivity index (χ2v) is 4.58. The first-order valence-electron chi connectivity index (χ1n) is 6.62. The van der Waals surface area contributed by atoms with E-state index in [0.29, 0.717) is 24.6 Å². The molecule has 2 aromatic rings. The molecule has 0 aliphatic rings. The monoisotopic (exact) mass is 274 g/mol. The molecule has 0 aliphatic heterocycles. The van der Waals surface area contributed by atoms with Crippen LogP contribution in [0.25, 0.3) is 0 Å². The summed E-state index contributed by atoms with van der Waals surface area (Å²) in [5.74, 6) is 1.47. The van der Waals surface area contributed by atoms with Crippen LogP contribution in [0.1, 0.15) is 43.5 Å². The number of ketones is 1. The third-order valence-electron chi connectivity index (χ3n) is 3.23. The van der Waals surface area contributed by atoms with E-state index < -0.39 is 0 Å². The summed E-state index contributed by atoms with van der Waals surface area (Å²) < 4.78 is 10.5. The van der Waals surface area contributed by atoms with E-state index in [4.69, 9.17) is 9.26 Å². The van der Waals surface area contributed by atoms with Crippen molar-refractivity contribution in [3.8, 4) is 5.75 Å². The molecular formula is C15H18N2O3. The number of methoxy groups -OCH3 is 1. The zero-order chi connectivity index (χ0) is 14.5. The first kappa shape index (κ1) is 14.2. The molecule has 2 rings (SSSR count). The minimum absolute atomic E-state index is 0.0949. The van der Waals surface area contributed by atoms with Crippen molar-refractivity contribution < 1.29 is 14.1 Å². The maximum Gasteiger partial charge on any atom is 0.236 e. The van der Waals surface area contributed by atoms with Crippen molar-refractivity contribution in [2.24, 2.45) is 0 Å². The minimum atomic E-state index is -0.348. The highest BCUT2D eigenvalue weighted by Gasteiger charge is 2.20. The number of hydrogen-bond acceptors (Lipinski definition) is 5. The Hall–Kier alpha value is -2.17. The van der Waals surface area contributed by atoms with Gasteiger partial charge in [0.2, 0.25) is 5.89 Å². The topological polar surface area (TPSA) is 65.2 Å². The molecule has 0 amide bonds. The van der Waals surface area contributed by atoms with E-state index in [1.54, 1.807) is 14.0 Å². The molecule has 0 fully saturated rings. The van der Waals surface area contributed by atoms with Gasteiger partial charge >= 0.3 is 0 Å². The number of ether oxygens (including phenoxy) is 1. The van der Waals surface area contributed by atoms with Gasteiger partial charge in [-0.15, -0.1) is 0 Å². The van der Waals surface area contributed by atoms with Crippen LogP contribution in [0.15, 0.2) is 28.8 Å². The normalized spacial score (nSPS) is 12.2. The van der Waals surface area contributed by atoms with Crippen molar-refractivity contribution >= 4 is 5.78 Å². The molecule has 0 saturated heterocycles. The standard InChI is InChI=1S/C15H18N2O3/c1-4-12(18)10(2)15-16-14(17-20-15)9-11-7-5-6-8-13(11)19-3/h5-8,10H,4,9H2,1-3H3. The van der Waals surface area contributed by atoms with Gasteiger partial charge in [0.05, 0.1) is 13.0 Å². The number of benzene rings is 1. The van der Waals surface area contributed by atoms with Gasteiger partial charge < -0.3 is 9.26 Å². The largest absolute Gasteiger partial charge is 0.496 e. The van der Waals surface area contributed by atoms with Gasteiger partial charge in [-0.1, -0.05) is 30.3 Å². The average molecular weight is 274 g/mol. The fourth-order valence-corrected chi connectivity index (χ4v) is 1.98. The number of carbonyl (C=O) groups excluding carboxylic acids is 1. The summed E-state index contributed by atoms with van der Waals surface area (Å²) in [5, 5.41) is 3.93. The first-order chi connectivity index (χ1) is 9.65. The second kappa shape index (κ2) is 6.32. The lowest BCUT2D eigenvalue weighted by Gasteiger charge is -2.05. The number of carbonyl (C=O) groups is 1. The van der Waals surface area contributed by atoms with Crippen LogP contribution in [0.4, 0.5) is 0 Å². The molecule has 106 valence electrons. The highest BCUT2D eigenvalue weighted by molar-refractivity contribution is 5.83. The summed E-state index contributed by atoms with van der Waals surface area (Å²) in [4.78, 5) is 15.9. The van der Waals surface area contributed by atoms with E-state index in [0.717, 1.165) is 11.3 Å². The Morgan fingerprint density at radius 3 is 2.85 bits per heavy atom.